The number of rotatable bonds is 9. The average molecular weight is 381 g/mol. The zero-order chi connectivity index (χ0) is 20.5. The van der Waals surface area contributed by atoms with E-state index in [2.05, 4.69) is 22.5 Å². The second kappa shape index (κ2) is 10.2. The van der Waals surface area contributed by atoms with Gasteiger partial charge in [-0.25, -0.2) is 0 Å². The van der Waals surface area contributed by atoms with Crippen LogP contribution in [0.2, 0.25) is 0 Å². The highest BCUT2D eigenvalue weighted by atomic mass is 16.5. The largest absolute Gasteiger partial charge is 0.487 e. The molecule has 0 aliphatic carbocycles. The number of anilines is 3. The molecule has 0 fully saturated rings. The van der Waals surface area contributed by atoms with E-state index in [1.165, 1.54) is 0 Å². The molecule has 0 saturated carbocycles. The van der Waals surface area contributed by atoms with Crippen LogP contribution in [0.5, 0.6) is 5.75 Å². The van der Waals surface area contributed by atoms with E-state index in [1.54, 1.807) is 24.3 Å². The van der Waals surface area contributed by atoms with Crippen molar-refractivity contribution in [1.82, 2.24) is 0 Å². The highest BCUT2D eigenvalue weighted by Crippen LogP contribution is 2.24. The molecule has 6 heteroatoms. The minimum Gasteiger partial charge on any atom is -0.487 e. The van der Waals surface area contributed by atoms with Gasteiger partial charge in [0.15, 0.2) is 0 Å². The van der Waals surface area contributed by atoms with Crippen LogP contribution in [0.15, 0.2) is 60.7 Å². The molecule has 0 aromatic heterocycles. The summed E-state index contributed by atoms with van der Waals surface area (Å²) in [6, 6.07) is 14.5. The number of ether oxygens (including phenoxy) is 1. The van der Waals surface area contributed by atoms with Crippen LogP contribution in [-0.2, 0) is 9.59 Å². The number of benzene rings is 2. The molecular weight excluding hydrogens is 354 g/mol. The van der Waals surface area contributed by atoms with Crippen LogP contribution in [0.25, 0.3) is 0 Å². The predicted molar refractivity (Wildman–Crippen MR) is 114 cm³/mol. The summed E-state index contributed by atoms with van der Waals surface area (Å²) in [6.07, 6.45) is 0. The number of hydrogen-bond donors (Lipinski definition) is 3. The number of carbonyl (C=O) groups is 2. The van der Waals surface area contributed by atoms with Crippen molar-refractivity contribution in [3.8, 4) is 5.75 Å². The van der Waals surface area contributed by atoms with Crippen molar-refractivity contribution < 1.29 is 14.3 Å². The summed E-state index contributed by atoms with van der Waals surface area (Å²) in [7, 11) is 0. The van der Waals surface area contributed by atoms with Crippen LogP contribution < -0.4 is 20.7 Å². The van der Waals surface area contributed by atoms with Gasteiger partial charge in [0.25, 0.3) is 0 Å². The second-order valence-corrected chi connectivity index (χ2v) is 6.87. The molecule has 6 nitrogen and oxygen atoms in total. The Morgan fingerprint density at radius 1 is 1.04 bits per heavy atom. The van der Waals surface area contributed by atoms with E-state index >= 15 is 0 Å². The zero-order valence-corrected chi connectivity index (χ0v) is 16.5. The highest BCUT2D eigenvalue weighted by Gasteiger charge is 2.09. The number of nitrogens with one attached hydrogen (secondary N) is 3. The lowest BCUT2D eigenvalue weighted by molar-refractivity contribution is -0.119. The standard InChI is InChI=1S/C22H27N3O3/c1-15(2)14-28-20-11-6-5-10-19(20)25-21(26)13-23-17-8-7-9-18(12-17)24-22(27)16(3)4/h5-12,16,23H,1,13-14H2,2-4H3,(H,24,27)(H,25,26). The fourth-order valence-electron chi connectivity index (χ4n) is 2.27. The third kappa shape index (κ3) is 6.79. The predicted octanol–water partition coefficient (Wildman–Crippen LogP) is 4.29. The quantitative estimate of drug-likeness (QED) is 0.566. The molecule has 0 bridgehead atoms. The van der Waals surface area contributed by atoms with Crippen LogP contribution in [0.4, 0.5) is 17.1 Å². The fourth-order valence-corrected chi connectivity index (χ4v) is 2.27. The van der Waals surface area contributed by atoms with Gasteiger partial charge in [-0.2, -0.15) is 0 Å². The van der Waals surface area contributed by atoms with Crippen LogP contribution >= 0.6 is 0 Å². The number of para-hydroxylation sites is 2. The van der Waals surface area contributed by atoms with Gasteiger partial charge >= 0.3 is 0 Å². The van der Waals surface area contributed by atoms with Crippen molar-refractivity contribution in [2.75, 3.05) is 29.1 Å². The van der Waals surface area contributed by atoms with Gasteiger partial charge in [-0.05, 0) is 42.8 Å². The number of carbonyl (C=O) groups excluding carboxylic acids is 2. The Kier molecular flexibility index (Phi) is 7.63. The van der Waals surface area contributed by atoms with Crippen molar-refractivity contribution in [2.24, 2.45) is 5.92 Å². The van der Waals surface area contributed by atoms with Crippen LogP contribution in [-0.4, -0.2) is 25.0 Å². The molecule has 0 saturated heterocycles. The van der Waals surface area contributed by atoms with Crippen molar-refractivity contribution in [1.29, 1.82) is 0 Å². The van der Waals surface area contributed by atoms with E-state index in [9.17, 15) is 9.59 Å². The van der Waals surface area contributed by atoms with Crippen LogP contribution in [0.1, 0.15) is 20.8 Å². The van der Waals surface area contributed by atoms with Gasteiger partial charge in [0, 0.05) is 17.3 Å². The van der Waals surface area contributed by atoms with E-state index in [-0.39, 0.29) is 24.3 Å². The molecule has 0 aliphatic rings. The summed E-state index contributed by atoms with van der Waals surface area (Å²) < 4.78 is 5.66. The molecular formula is C22H27N3O3. The first-order chi connectivity index (χ1) is 13.3. The molecule has 2 aromatic rings. The maximum absolute atomic E-state index is 12.3. The summed E-state index contributed by atoms with van der Waals surface area (Å²) in [5, 5.41) is 8.74. The maximum atomic E-state index is 12.3. The Labute approximate surface area is 166 Å². The summed E-state index contributed by atoms with van der Waals surface area (Å²) in [5.74, 6) is 0.232. The highest BCUT2D eigenvalue weighted by molar-refractivity contribution is 5.95. The third-order valence-electron chi connectivity index (χ3n) is 3.74. The first-order valence-corrected chi connectivity index (χ1v) is 9.16. The first kappa shape index (κ1) is 21.0. The van der Waals surface area contributed by atoms with Gasteiger partial charge in [-0.15, -0.1) is 0 Å². The van der Waals surface area contributed by atoms with E-state index in [0.29, 0.717) is 23.7 Å². The Hall–Kier alpha value is -3.28. The van der Waals surface area contributed by atoms with Crippen molar-refractivity contribution in [3.05, 3.63) is 60.7 Å². The summed E-state index contributed by atoms with van der Waals surface area (Å²) in [5.41, 5.74) is 2.92. The molecule has 2 rings (SSSR count). The lowest BCUT2D eigenvalue weighted by Gasteiger charge is -2.13. The van der Waals surface area contributed by atoms with Crippen molar-refractivity contribution in [3.63, 3.8) is 0 Å². The molecule has 148 valence electrons. The lowest BCUT2D eigenvalue weighted by Crippen LogP contribution is -2.22. The second-order valence-electron chi connectivity index (χ2n) is 6.87. The molecule has 0 radical (unpaired) electrons. The van der Waals surface area contributed by atoms with Gasteiger partial charge in [-0.1, -0.05) is 38.6 Å². The minimum atomic E-state index is -0.206. The first-order valence-electron chi connectivity index (χ1n) is 9.16. The molecule has 0 spiro atoms. The molecule has 0 atom stereocenters. The molecule has 0 heterocycles. The van der Waals surface area contributed by atoms with Gasteiger partial charge in [0.2, 0.25) is 11.8 Å². The van der Waals surface area contributed by atoms with Crippen molar-refractivity contribution >= 4 is 28.9 Å². The van der Waals surface area contributed by atoms with E-state index in [0.717, 1.165) is 11.3 Å². The van der Waals surface area contributed by atoms with Crippen molar-refractivity contribution in [2.45, 2.75) is 20.8 Å². The van der Waals surface area contributed by atoms with Crippen LogP contribution in [0.3, 0.4) is 0 Å². The monoisotopic (exact) mass is 381 g/mol. The Bertz CT molecular complexity index is 846. The van der Waals surface area contributed by atoms with E-state index in [1.807, 2.05) is 45.0 Å². The van der Waals surface area contributed by atoms with E-state index in [4.69, 9.17) is 4.74 Å². The summed E-state index contributed by atoms with van der Waals surface area (Å²) in [6.45, 7) is 9.82. The van der Waals surface area contributed by atoms with E-state index < -0.39 is 0 Å². The zero-order valence-electron chi connectivity index (χ0n) is 16.5. The van der Waals surface area contributed by atoms with Gasteiger partial charge < -0.3 is 20.7 Å². The van der Waals surface area contributed by atoms with Gasteiger partial charge in [0.1, 0.15) is 12.4 Å². The molecule has 3 N–H and O–H groups in total. The smallest absolute Gasteiger partial charge is 0.243 e. The van der Waals surface area contributed by atoms with Gasteiger partial charge in [0.05, 0.1) is 12.2 Å². The number of hydrogen-bond acceptors (Lipinski definition) is 4. The molecule has 0 aliphatic heterocycles. The maximum Gasteiger partial charge on any atom is 0.243 e. The third-order valence-corrected chi connectivity index (χ3v) is 3.74. The molecule has 2 aromatic carbocycles. The lowest BCUT2D eigenvalue weighted by atomic mass is 10.2. The summed E-state index contributed by atoms with van der Waals surface area (Å²) >= 11 is 0. The Balaban J connectivity index is 1.93. The van der Waals surface area contributed by atoms with Crippen LogP contribution in [0, 0.1) is 5.92 Å². The normalized spacial score (nSPS) is 10.3. The topological polar surface area (TPSA) is 79.5 Å². The number of amides is 2. The fraction of sp³-hybridized carbons (Fsp3) is 0.273. The van der Waals surface area contributed by atoms with Gasteiger partial charge in [-0.3, -0.25) is 9.59 Å². The Morgan fingerprint density at radius 2 is 1.75 bits per heavy atom. The molecule has 28 heavy (non-hydrogen) atoms. The summed E-state index contributed by atoms with van der Waals surface area (Å²) in [4.78, 5) is 24.1. The Morgan fingerprint density at radius 3 is 2.46 bits per heavy atom. The molecule has 0 unspecified atom stereocenters. The average Bonchev–Trinajstić information content (AvgIpc) is 2.66. The minimum absolute atomic E-state index is 0.0544. The molecule has 2 amide bonds. The SMILES string of the molecule is C=C(C)COc1ccccc1NC(=O)CNc1cccc(NC(=O)C(C)C)c1.